The first-order chi connectivity index (χ1) is 10.3. The molecule has 1 fully saturated rings. The van der Waals surface area contributed by atoms with Crippen molar-refractivity contribution in [3.63, 3.8) is 0 Å². The molecule has 1 unspecified atom stereocenters. The first-order valence-corrected chi connectivity index (χ1v) is 8.02. The predicted molar refractivity (Wildman–Crippen MR) is 84.4 cm³/mol. The Bertz CT molecular complexity index is 403. The average Bonchev–Trinajstić information content (AvgIpc) is 2.54. The molecule has 0 bridgehead atoms. The van der Waals surface area contributed by atoms with Gasteiger partial charge in [-0.25, -0.2) is 0 Å². The van der Waals surface area contributed by atoms with Crippen LogP contribution in [0.4, 0.5) is 0 Å². The van der Waals surface area contributed by atoms with Gasteiger partial charge in [0.2, 0.25) is 5.91 Å². The molecule has 1 aliphatic rings. The van der Waals surface area contributed by atoms with Gasteiger partial charge in [0, 0.05) is 19.0 Å². The zero-order chi connectivity index (χ0) is 14.8. The molecular weight excluding hydrogens is 264 g/mol. The Balaban J connectivity index is 1.47. The standard InChI is InChI=1S/C17H26N2O2/c20-17(11-10-15-7-4-5-12-18-15)19-13-6-14-21-16-8-2-1-3-9-16/h1-3,8-9,15,18H,4-7,10-14H2,(H,19,20). The number of nitrogens with one attached hydrogen (secondary N) is 2. The number of amides is 1. The number of piperidine rings is 1. The largest absolute Gasteiger partial charge is 0.494 e. The van der Waals surface area contributed by atoms with Crippen molar-refractivity contribution in [3.05, 3.63) is 30.3 Å². The molecule has 1 saturated heterocycles. The monoisotopic (exact) mass is 290 g/mol. The highest BCUT2D eigenvalue weighted by Gasteiger charge is 2.13. The van der Waals surface area contributed by atoms with E-state index in [1.807, 2.05) is 30.3 Å². The SMILES string of the molecule is O=C(CCC1CCCCN1)NCCCOc1ccccc1. The number of rotatable bonds is 8. The fourth-order valence-corrected chi connectivity index (χ4v) is 2.57. The van der Waals surface area contributed by atoms with Gasteiger partial charge >= 0.3 is 0 Å². The van der Waals surface area contributed by atoms with E-state index in [1.165, 1.54) is 19.3 Å². The first kappa shape index (κ1) is 15.8. The molecule has 0 spiro atoms. The van der Waals surface area contributed by atoms with Crippen LogP contribution in [0.25, 0.3) is 0 Å². The van der Waals surface area contributed by atoms with E-state index < -0.39 is 0 Å². The van der Waals surface area contributed by atoms with Gasteiger partial charge in [-0.2, -0.15) is 0 Å². The summed E-state index contributed by atoms with van der Waals surface area (Å²) in [7, 11) is 0. The summed E-state index contributed by atoms with van der Waals surface area (Å²) in [4.78, 5) is 11.7. The van der Waals surface area contributed by atoms with Crippen LogP contribution in [0.1, 0.15) is 38.5 Å². The second-order valence-electron chi connectivity index (χ2n) is 5.55. The first-order valence-electron chi connectivity index (χ1n) is 8.02. The van der Waals surface area contributed by atoms with Crippen LogP contribution in [0.15, 0.2) is 30.3 Å². The lowest BCUT2D eigenvalue weighted by Crippen LogP contribution is -2.35. The minimum atomic E-state index is 0.155. The molecule has 1 aliphatic heterocycles. The Morgan fingerprint density at radius 3 is 2.90 bits per heavy atom. The van der Waals surface area contributed by atoms with Gasteiger partial charge in [0.15, 0.2) is 0 Å². The third-order valence-electron chi connectivity index (χ3n) is 3.79. The quantitative estimate of drug-likeness (QED) is 0.723. The molecule has 21 heavy (non-hydrogen) atoms. The van der Waals surface area contributed by atoms with Crippen molar-refractivity contribution in [3.8, 4) is 5.75 Å². The van der Waals surface area contributed by atoms with Crippen LogP contribution < -0.4 is 15.4 Å². The van der Waals surface area contributed by atoms with E-state index in [4.69, 9.17) is 4.74 Å². The number of hydrogen-bond acceptors (Lipinski definition) is 3. The summed E-state index contributed by atoms with van der Waals surface area (Å²) >= 11 is 0. The number of hydrogen-bond donors (Lipinski definition) is 2. The Labute approximate surface area is 127 Å². The molecule has 1 heterocycles. The Hall–Kier alpha value is -1.55. The number of carbonyl (C=O) groups excluding carboxylic acids is 1. The fourth-order valence-electron chi connectivity index (χ4n) is 2.57. The topological polar surface area (TPSA) is 50.4 Å². The van der Waals surface area contributed by atoms with E-state index in [-0.39, 0.29) is 5.91 Å². The Morgan fingerprint density at radius 2 is 2.14 bits per heavy atom. The molecule has 2 N–H and O–H groups in total. The molecule has 116 valence electrons. The molecule has 1 aromatic rings. The summed E-state index contributed by atoms with van der Waals surface area (Å²) in [5.41, 5.74) is 0. The van der Waals surface area contributed by atoms with Gasteiger partial charge in [0.05, 0.1) is 6.61 Å². The fraction of sp³-hybridized carbons (Fsp3) is 0.588. The average molecular weight is 290 g/mol. The third kappa shape index (κ3) is 6.63. The minimum absolute atomic E-state index is 0.155. The van der Waals surface area contributed by atoms with Gasteiger partial charge in [-0.1, -0.05) is 24.6 Å². The minimum Gasteiger partial charge on any atom is -0.494 e. The molecule has 4 nitrogen and oxygen atoms in total. The van der Waals surface area contributed by atoms with Crippen molar-refractivity contribution in [2.45, 2.75) is 44.6 Å². The van der Waals surface area contributed by atoms with Crippen molar-refractivity contribution in [1.29, 1.82) is 0 Å². The lowest BCUT2D eigenvalue weighted by molar-refractivity contribution is -0.121. The van der Waals surface area contributed by atoms with Gasteiger partial charge in [-0.15, -0.1) is 0 Å². The van der Waals surface area contributed by atoms with Gasteiger partial charge in [0.1, 0.15) is 5.75 Å². The van der Waals surface area contributed by atoms with E-state index >= 15 is 0 Å². The highest BCUT2D eigenvalue weighted by atomic mass is 16.5. The van der Waals surface area contributed by atoms with Crippen LogP contribution in [-0.2, 0) is 4.79 Å². The maximum Gasteiger partial charge on any atom is 0.220 e. The van der Waals surface area contributed by atoms with E-state index in [0.29, 0.717) is 25.6 Å². The summed E-state index contributed by atoms with van der Waals surface area (Å²) < 4.78 is 5.58. The van der Waals surface area contributed by atoms with Gasteiger partial charge in [-0.3, -0.25) is 4.79 Å². The van der Waals surface area contributed by atoms with Crippen molar-refractivity contribution < 1.29 is 9.53 Å². The Kier molecular flexibility index (Phi) is 7.08. The molecule has 0 radical (unpaired) electrons. The van der Waals surface area contributed by atoms with Gasteiger partial charge < -0.3 is 15.4 Å². The van der Waals surface area contributed by atoms with Crippen LogP contribution in [0.5, 0.6) is 5.75 Å². The van der Waals surface area contributed by atoms with Gasteiger partial charge in [0.25, 0.3) is 0 Å². The van der Waals surface area contributed by atoms with Crippen LogP contribution in [-0.4, -0.2) is 31.6 Å². The lowest BCUT2D eigenvalue weighted by Gasteiger charge is -2.23. The van der Waals surface area contributed by atoms with Crippen molar-refractivity contribution in [2.75, 3.05) is 19.7 Å². The number of carbonyl (C=O) groups is 1. The highest BCUT2D eigenvalue weighted by Crippen LogP contribution is 2.11. The second-order valence-corrected chi connectivity index (χ2v) is 5.55. The van der Waals surface area contributed by atoms with Crippen molar-refractivity contribution in [1.82, 2.24) is 10.6 Å². The lowest BCUT2D eigenvalue weighted by atomic mass is 10.0. The molecule has 1 aromatic carbocycles. The maximum absolute atomic E-state index is 11.7. The number of benzene rings is 1. The summed E-state index contributed by atoms with van der Waals surface area (Å²) in [6.07, 6.45) is 6.17. The normalized spacial score (nSPS) is 18.2. The summed E-state index contributed by atoms with van der Waals surface area (Å²) in [5.74, 6) is 1.04. The Morgan fingerprint density at radius 1 is 1.29 bits per heavy atom. The van der Waals surface area contributed by atoms with Gasteiger partial charge in [-0.05, 0) is 44.4 Å². The van der Waals surface area contributed by atoms with Crippen molar-refractivity contribution >= 4 is 5.91 Å². The smallest absolute Gasteiger partial charge is 0.220 e. The molecular formula is C17H26N2O2. The van der Waals surface area contributed by atoms with E-state index in [9.17, 15) is 4.79 Å². The van der Waals surface area contributed by atoms with E-state index in [1.54, 1.807) is 0 Å². The maximum atomic E-state index is 11.7. The third-order valence-corrected chi connectivity index (χ3v) is 3.79. The van der Waals surface area contributed by atoms with Crippen LogP contribution >= 0.6 is 0 Å². The highest BCUT2D eigenvalue weighted by molar-refractivity contribution is 5.75. The molecule has 1 atom stereocenters. The van der Waals surface area contributed by atoms with E-state index in [0.717, 1.165) is 25.1 Å². The molecule has 2 rings (SSSR count). The van der Waals surface area contributed by atoms with Crippen LogP contribution in [0.2, 0.25) is 0 Å². The summed E-state index contributed by atoms with van der Waals surface area (Å²) in [5, 5.41) is 6.43. The van der Waals surface area contributed by atoms with Crippen LogP contribution in [0.3, 0.4) is 0 Å². The van der Waals surface area contributed by atoms with Crippen molar-refractivity contribution in [2.24, 2.45) is 0 Å². The predicted octanol–water partition coefficient (Wildman–Crippen LogP) is 2.49. The number of ether oxygens (including phenoxy) is 1. The molecule has 1 amide bonds. The molecule has 0 aliphatic carbocycles. The zero-order valence-electron chi connectivity index (χ0n) is 12.6. The summed E-state index contributed by atoms with van der Waals surface area (Å²) in [6, 6.07) is 10.3. The molecule has 0 aromatic heterocycles. The van der Waals surface area contributed by atoms with Crippen LogP contribution in [0, 0.1) is 0 Å². The van der Waals surface area contributed by atoms with E-state index in [2.05, 4.69) is 10.6 Å². The number of para-hydroxylation sites is 1. The summed E-state index contributed by atoms with van der Waals surface area (Å²) in [6.45, 7) is 2.42. The second kappa shape index (κ2) is 9.40. The molecule has 0 saturated carbocycles. The zero-order valence-corrected chi connectivity index (χ0v) is 12.6. The molecule has 4 heteroatoms.